The molecule has 0 radical (unpaired) electrons. The Morgan fingerprint density at radius 1 is 1.26 bits per heavy atom. The number of hydrogen-bond acceptors (Lipinski definition) is 4. The quantitative estimate of drug-likeness (QED) is 0.813. The van der Waals surface area contributed by atoms with Gasteiger partial charge in [-0.2, -0.15) is 0 Å². The number of rotatable bonds is 5. The van der Waals surface area contributed by atoms with Gasteiger partial charge in [0.1, 0.15) is 0 Å². The molecule has 0 amide bonds. The van der Waals surface area contributed by atoms with Gasteiger partial charge in [-0.1, -0.05) is 13.8 Å². The van der Waals surface area contributed by atoms with E-state index in [9.17, 15) is 0 Å². The Labute approximate surface area is 118 Å². The van der Waals surface area contributed by atoms with Gasteiger partial charge in [-0.05, 0) is 32.2 Å². The average Bonchev–Trinajstić information content (AvgIpc) is 2.60. The summed E-state index contributed by atoms with van der Waals surface area (Å²) in [6.07, 6.45) is 3.98. The van der Waals surface area contributed by atoms with E-state index in [1.165, 1.54) is 19.3 Å². The highest BCUT2D eigenvalue weighted by Crippen LogP contribution is 2.33. The second kappa shape index (κ2) is 6.08. The van der Waals surface area contributed by atoms with E-state index < -0.39 is 0 Å². The lowest BCUT2D eigenvalue weighted by atomic mass is 9.84. The minimum absolute atomic E-state index is 0.0000694. The van der Waals surface area contributed by atoms with Crippen LogP contribution in [0.4, 0.5) is 0 Å². The summed E-state index contributed by atoms with van der Waals surface area (Å²) in [5.41, 5.74) is 6.17. The minimum atomic E-state index is 0.0000694. The smallest absolute Gasteiger partial charge is 0.0661 e. The highest BCUT2D eigenvalue weighted by atomic mass is 16.5. The van der Waals surface area contributed by atoms with E-state index in [0.29, 0.717) is 18.5 Å². The normalized spacial score (nSPS) is 32.5. The minimum Gasteiger partial charge on any atom is -0.383 e. The van der Waals surface area contributed by atoms with Crippen molar-refractivity contribution in [3.05, 3.63) is 0 Å². The van der Waals surface area contributed by atoms with Crippen LogP contribution in [0, 0.1) is 5.92 Å². The van der Waals surface area contributed by atoms with Gasteiger partial charge in [0.05, 0.1) is 12.1 Å². The zero-order chi connectivity index (χ0) is 14.0. The molecule has 2 fully saturated rings. The molecule has 2 aliphatic rings. The molecular formula is C15H31N3O. The van der Waals surface area contributed by atoms with Crippen LogP contribution in [-0.4, -0.2) is 67.8 Å². The maximum Gasteiger partial charge on any atom is 0.0661 e. The lowest BCUT2D eigenvalue weighted by Gasteiger charge is -2.46. The first-order valence-corrected chi connectivity index (χ1v) is 7.71. The van der Waals surface area contributed by atoms with E-state index >= 15 is 0 Å². The van der Waals surface area contributed by atoms with Crippen LogP contribution in [0.5, 0.6) is 0 Å². The predicted molar refractivity (Wildman–Crippen MR) is 79.3 cm³/mol. The molecule has 19 heavy (non-hydrogen) atoms. The molecule has 0 aliphatic carbocycles. The Kier molecular flexibility index (Phi) is 4.88. The van der Waals surface area contributed by atoms with Crippen LogP contribution in [0.2, 0.25) is 0 Å². The number of nitrogens with two attached hydrogens (primary N) is 1. The third-order valence-electron chi connectivity index (χ3n) is 5.60. The van der Waals surface area contributed by atoms with Crippen molar-refractivity contribution in [3.63, 3.8) is 0 Å². The topological polar surface area (TPSA) is 41.7 Å². The highest BCUT2D eigenvalue weighted by molar-refractivity contribution is 5.00. The fourth-order valence-corrected chi connectivity index (χ4v) is 4.01. The van der Waals surface area contributed by atoms with E-state index in [2.05, 4.69) is 30.7 Å². The Balaban J connectivity index is 2.18. The molecule has 2 saturated heterocycles. The molecule has 0 spiro atoms. The van der Waals surface area contributed by atoms with Crippen molar-refractivity contribution in [2.75, 3.05) is 40.4 Å². The molecule has 112 valence electrons. The summed E-state index contributed by atoms with van der Waals surface area (Å²) >= 11 is 0. The van der Waals surface area contributed by atoms with Gasteiger partial charge in [0.25, 0.3) is 0 Å². The Bertz CT molecular complexity index is 297. The number of hydrogen-bond donors (Lipinski definition) is 1. The maximum atomic E-state index is 6.17. The molecule has 0 aromatic heterocycles. The number of methoxy groups -OCH3 is 1. The molecule has 0 saturated carbocycles. The monoisotopic (exact) mass is 269 g/mol. The second-order valence-electron chi connectivity index (χ2n) is 6.68. The van der Waals surface area contributed by atoms with Gasteiger partial charge in [0.2, 0.25) is 0 Å². The van der Waals surface area contributed by atoms with Crippen LogP contribution in [0.25, 0.3) is 0 Å². The van der Waals surface area contributed by atoms with Crippen LogP contribution in [0.3, 0.4) is 0 Å². The predicted octanol–water partition coefficient (Wildman–Crippen LogP) is 1.15. The van der Waals surface area contributed by atoms with E-state index in [1.807, 2.05) is 0 Å². The third kappa shape index (κ3) is 2.68. The molecule has 4 nitrogen and oxygen atoms in total. The number of ether oxygens (including phenoxy) is 1. The molecule has 3 unspecified atom stereocenters. The summed E-state index contributed by atoms with van der Waals surface area (Å²) < 4.78 is 5.53. The van der Waals surface area contributed by atoms with Gasteiger partial charge in [0.15, 0.2) is 0 Å². The van der Waals surface area contributed by atoms with Crippen LogP contribution < -0.4 is 5.73 Å². The van der Waals surface area contributed by atoms with Gasteiger partial charge in [-0.15, -0.1) is 0 Å². The summed E-state index contributed by atoms with van der Waals surface area (Å²) in [4.78, 5) is 5.22. The Morgan fingerprint density at radius 2 is 1.95 bits per heavy atom. The van der Waals surface area contributed by atoms with Crippen LogP contribution >= 0.6 is 0 Å². The largest absolute Gasteiger partial charge is 0.383 e. The van der Waals surface area contributed by atoms with Crippen LogP contribution in [0.15, 0.2) is 0 Å². The lowest BCUT2D eigenvalue weighted by Crippen LogP contribution is -2.62. The Morgan fingerprint density at radius 3 is 2.53 bits per heavy atom. The van der Waals surface area contributed by atoms with Gasteiger partial charge >= 0.3 is 0 Å². The van der Waals surface area contributed by atoms with Crippen molar-refractivity contribution in [1.82, 2.24) is 9.80 Å². The zero-order valence-corrected chi connectivity index (χ0v) is 13.1. The SMILES string of the molecule is COCC(CN)(C(C)C)N1CCC2CCC(C1)N2C. The molecule has 3 atom stereocenters. The van der Waals surface area contributed by atoms with Crippen molar-refractivity contribution in [2.24, 2.45) is 11.7 Å². The first kappa shape index (κ1) is 15.2. The summed E-state index contributed by atoms with van der Waals surface area (Å²) in [5.74, 6) is 0.513. The summed E-state index contributed by atoms with van der Waals surface area (Å²) in [5, 5.41) is 0. The van der Waals surface area contributed by atoms with Crippen LogP contribution in [-0.2, 0) is 4.74 Å². The fraction of sp³-hybridized carbons (Fsp3) is 1.00. The van der Waals surface area contributed by atoms with E-state index in [-0.39, 0.29) is 5.54 Å². The zero-order valence-electron chi connectivity index (χ0n) is 13.1. The summed E-state index contributed by atoms with van der Waals surface area (Å²) in [6.45, 7) is 8.27. The van der Waals surface area contributed by atoms with E-state index in [4.69, 9.17) is 10.5 Å². The van der Waals surface area contributed by atoms with Gasteiger partial charge in [-0.3, -0.25) is 9.80 Å². The van der Waals surface area contributed by atoms with Crippen LogP contribution in [0.1, 0.15) is 33.1 Å². The van der Waals surface area contributed by atoms with E-state index in [1.54, 1.807) is 7.11 Å². The number of likely N-dealkylation sites (tertiary alicyclic amines) is 1. The standard InChI is InChI=1S/C15H31N3O/c1-12(2)15(10-16,11-19-4)18-8-7-13-5-6-14(9-18)17(13)3/h12-14H,5-11,16H2,1-4H3. The Hall–Kier alpha value is -0.160. The molecule has 4 heteroatoms. The number of likely N-dealkylation sites (N-methyl/N-ethyl adjacent to an activating group) is 1. The van der Waals surface area contributed by atoms with Crippen molar-refractivity contribution in [1.29, 1.82) is 0 Å². The summed E-state index contributed by atoms with van der Waals surface area (Å²) in [6, 6.07) is 1.48. The van der Waals surface area contributed by atoms with Crippen molar-refractivity contribution in [3.8, 4) is 0 Å². The van der Waals surface area contributed by atoms with Crippen molar-refractivity contribution >= 4 is 0 Å². The van der Waals surface area contributed by atoms with Gasteiger partial charge in [-0.25, -0.2) is 0 Å². The maximum absolute atomic E-state index is 6.17. The second-order valence-corrected chi connectivity index (χ2v) is 6.68. The molecule has 2 rings (SSSR count). The molecule has 2 N–H and O–H groups in total. The van der Waals surface area contributed by atoms with Crippen molar-refractivity contribution in [2.45, 2.75) is 50.7 Å². The molecule has 2 aliphatic heterocycles. The van der Waals surface area contributed by atoms with Gasteiger partial charge in [0, 0.05) is 38.8 Å². The number of nitrogens with zero attached hydrogens (tertiary/aromatic N) is 2. The highest BCUT2D eigenvalue weighted by Gasteiger charge is 2.44. The molecule has 2 bridgehead atoms. The molecule has 0 aromatic carbocycles. The molecule has 0 aromatic rings. The summed E-state index contributed by atoms with van der Waals surface area (Å²) in [7, 11) is 4.09. The van der Waals surface area contributed by atoms with Crippen molar-refractivity contribution < 1.29 is 4.74 Å². The number of fused-ring (bicyclic) bond motifs is 2. The lowest BCUT2D eigenvalue weighted by molar-refractivity contribution is -0.0202. The molecular weight excluding hydrogens is 238 g/mol. The average molecular weight is 269 g/mol. The molecule has 2 heterocycles. The third-order valence-corrected chi connectivity index (χ3v) is 5.60. The van der Waals surface area contributed by atoms with Gasteiger partial charge < -0.3 is 10.5 Å². The van der Waals surface area contributed by atoms with E-state index in [0.717, 1.165) is 25.7 Å². The fourth-order valence-electron chi connectivity index (χ4n) is 4.01. The first-order valence-electron chi connectivity index (χ1n) is 7.71. The first-order chi connectivity index (χ1) is 9.05.